The Bertz CT molecular complexity index is 625. The number of carbonyl (C=O) groups excluding carboxylic acids is 1. The average Bonchev–Trinajstić information content (AvgIpc) is 3.32. The summed E-state index contributed by atoms with van der Waals surface area (Å²) in [7, 11) is 0. The highest BCUT2D eigenvalue weighted by molar-refractivity contribution is 5.93. The lowest BCUT2D eigenvalue weighted by atomic mass is 10.1. The molecular weight excluding hydrogens is 264 g/mol. The van der Waals surface area contributed by atoms with E-state index in [0.29, 0.717) is 17.6 Å². The first-order chi connectivity index (χ1) is 10.2. The Kier molecular flexibility index (Phi) is 3.81. The smallest absolute Gasteiger partial charge is 0.270 e. The van der Waals surface area contributed by atoms with Crippen molar-refractivity contribution in [3.63, 3.8) is 0 Å². The van der Waals surface area contributed by atoms with Crippen LogP contribution in [0.2, 0.25) is 0 Å². The van der Waals surface area contributed by atoms with Gasteiger partial charge >= 0.3 is 0 Å². The van der Waals surface area contributed by atoms with E-state index in [4.69, 9.17) is 0 Å². The van der Waals surface area contributed by atoms with Gasteiger partial charge in [-0.25, -0.2) is 9.97 Å². The van der Waals surface area contributed by atoms with Gasteiger partial charge in [-0.15, -0.1) is 0 Å². The van der Waals surface area contributed by atoms with E-state index in [1.54, 1.807) is 6.07 Å². The molecule has 0 aliphatic heterocycles. The molecule has 1 aliphatic carbocycles. The summed E-state index contributed by atoms with van der Waals surface area (Å²) in [5.74, 6) is 0.526. The van der Waals surface area contributed by atoms with Gasteiger partial charge in [-0.3, -0.25) is 4.79 Å². The number of nitrogens with one attached hydrogen (secondary N) is 2. The lowest BCUT2D eigenvalue weighted by molar-refractivity contribution is 0.0946. The van der Waals surface area contributed by atoms with Crippen molar-refractivity contribution in [2.75, 3.05) is 5.32 Å². The van der Waals surface area contributed by atoms with Crippen molar-refractivity contribution < 1.29 is 4.79 Å². The third-order valence-corrected chi connectivity index (χ3v) is 3.48. The number of anilines is 1. The van der Waals surface area contributed by atoms with Crippen molar-refractivity contribution in [3.8, 4) is 0 Å². The van der Waals surface area contributed by atoms with Crippen LogP contribution in [-0.2, 0) is 0 Å². The molecule has 1 atom stereocenters. The summed E-state index contributed by atoms with van der Waals surface area (Å²) in [5.41, 5.74) is 1.57. The van der Waals surface area contributed by atoms with Gasteiger partial charge in [0, 0.05) is 18.2 Å². The van der Waals surface area contributed by atoms with Gasteiger partial charge in [0.1, 0.15) is 17.8 Å². The largest absolute Gasteiger partial charge is 0.363 e. The second-order valence-corrected chi connectivity index (χ2v) is 5.31. The average molecular weight is 282 g/mol. The normalized spacial score (nSPS) is 15.3. The Morgan fingerprint density at radius 2 is 2.00 bits per heavy atom. The maximum Gasteiger partial charge on any atom is 0.270 e. The van der Waals surface area contributed by atoms with Crippen molar-refractivity contribution >= 4 is 11.7 Å². The molecule has 1 fully saturated rings. The first-order valence-electron chi connectivity index (χ1n) is 7.17. The summed E-state index contributed by atoms with van der Waals surface area (Å²) in [4.78, 5) is 20.2. The van der Waals surface area contributed by atoms with E-state index >= 15 is 0 Å². The van der Waals surface area contributed by atoms with Crippen LogP contribution in [-0.4, -0.2) is 21.9 Å². The van der Waals surface area contributed by atoms with Crippen molar-refractivity contribution in [3.05, 3.63) is 54.0 Å². The summed E-state index contributed by atoms with van der Waals surface area (Å²) < 4.78 is 0. The molecule has 0 saturated heterocycles. The van der Waals surface area contributed by atoms with Gasteiger partial charge in [0.25, 0.3) is 5.91 Å². The Morgan fingerprint density at radius 3 is 2.71 bits per heavy atom. The van der Waals surface area contributed by atoms with E-state index in [1.165, 1.54) is 11.9 Å². The molecule has 0 bridgehead atoms. The lowest BCUT2D eigenvalue weighted by Gasteiger charge is -2.15. The van der Waals surface area contributed by atoms with Gasteiger partial charge in [-0.2, -0.15) is 0 Å². The van der Waals surface area contributed by atoms with Gasteiger partial charge < -0.3 is 10.6 Å². The highest BCUT2D eigenvalue weighted by Crippen LogP contribution is 2.20. The summed E-state index contributed by atoms with van der Waals surface area (Å²) in [6.45, 7) is 2.06. The fourth-order valence-electron chi connectivity index (χ4n) is 2.09. The van der Waals surface area contributed by atoms with Gasteiger partial charge in [0.2, 0.25) is 0 Å². The molecule has 0 spiro atoms. The molecule has 1 aromatic carbocycles. The van der Waals surface area contributed by atoms with Crippen molar-refractivity contribution in [1.82, 2.24) is 15.3 Å². The molecule has 5 heteroatoms. The predicted molar refractivity (Wildman–Crippen MR) is 81.0 cm³/mol. The molecule has 1 unspecified atom stereocenters. The van der Waals surface area contributed by atoms with Crippen molar-refractivity contribution in [2.24, 2.45) is 0 Å². The van der Waals surface area contributed by atoms with E-state index < -0.39 is 0 Å². The number of aromatic nitrogens is 2. The molecule has 1 heterocycles. The second-order valence-electron chi connectivity index (χ2n) is 5.31. The molecule has 3 rings (SSSR count). The minimum absolute atomic E-state index is 0.112. The standard InChI is InChI=1S/C16H18N4O/c1-11(12-5-3-2-4-6-12)19-15-9-14(17-10-18-15)16(21)20-13-7-8-13/h2-6,9-11,13H,7-8H2,1H3,(H,20,21)(H,17,18,19). The predicted octanol–water partition coefficient (Wildman–Crippen LogP) is 2.54. The van der Waals surface area contributed by atoms with E-state index in [-0.39, 0.29) is 11.9 Å². The molecule has 5 nitrogen and oxygen atoms in total. The van der Waals surface area contributed by atoms with Crippen LogP contribution < -0.4 is 10.6 Å². The molecule has 1 aliphatic rings. The molecule has 1 amide bonds. The monoisotopic (exact) mass is 282 g/mol. The van der Waals surface area contributed by atoms with Crippen molar-refractivity contribution in [1.29, 1.82) is 0 Å². The first-order valence-corrected chi connectivity index (χ1v) is 7.17. The number of rotatable bonds is 5. The SMILES string of the molecule is CC(Nc1cc(C(=O)NC2CC2)ncn1)c1ccccc1. The molecule has 1 saturated carbocycles. The number of hydrogen-bond acceptors (Lipinski definition) is 4. The zero-order chi connectivity index (χ0) is 14.7. The van der Waals surface area contributed by atoms with Crippen LogP contribution in [0.5, 0.6) is 0 Å². The number of nitrogens with zero attached hydrogens (tertiary/aromatic N) is 2. The highest BCUT2D eigenvalue weighted by Gasteiger charge is 2.24. The van der Waals surface area contributed by atoms with E-state index in [2.05, 4.69) is 39.7 Å². The Labute approximate surface area is 123 Å². The summed E-state index contributed by atoms with van der Waals surface area (Å²) in [5, 5.41) is 6.22. The third-order valence-electron chi connectivity index (χ3n) is 3.48. The minimum Gasteiger partial charge on any atom is -0.363 e. The van der Waals surface area contributed by atoms with Gasteiger partial charge in [0.05, 0.1) is 0 Å². The maximum atomic E-state index is 12.0. The van der Waals surface area contributed by atoms with Crippen LogP contribution in [0.25, 0.3) is 0 Å². The van der Waals surface area contributed by atoms with Gasteiger partial charge in [-0.05, 0) is 25.3 Å². The molecule has 2 N–H and O–H groups in total. The number of amides is 1. The van der Waals surface area contributed by atoms with E-state index in [0.717, 1.165) is 12.8 Å². The third kappa shape index (κ3) is 3.56. The van der Waals surface area contributed by atoms with Crippen LogP contribution in [0.3, 0.4) is 0 Å². The van der Waals surface area contributed by atoms with Gasteiger partial charge in [-0.1, -0.05) is 30.3 Å². The molecule has 21 heavy (non-hydrogen) atoms. The minimum atomic E-state index is -0.129. The fraction of sp³-hybridized carbons (Fsp3) is 0.312. The second kappa shape index (κ2) is 5.91. The molecular formula is C16H18N4O. The molecule has 108 valence electrons. The first kappa shape index (κ1) is 13.5. The molecule has 2 aromatic rings. The fourth-order valence-corrected chi connectivity index (χ4v) is 2.09. The van der Waals surface area contributed by atoms with Crippen LogP contribution in [0.4, 0.5) is 5.82 Å². The summed E-state index contributed by atoms with van der Waals surface area (Å²) >= 11 is 0. The van der Waals surface area contributed by atoms with Crippen LogP contribution >= 0.6 is 0 Å². The zero-order valence-corrected chi connectivity index (χ0v) is 11.9. The Hall–Kier alpha value is -2.43. The maximum absolute atomic E-state index is 12.0. The number of benzene rings is 1. The van der Waals surface area contributed by atoms with E-state index in [9.17, 15) is 4.79 Å². The molecule has 0 radical (unpaired) electrons. The van der Waals surface area contributed by atoms with Crippen LogP contribution in [0, 0.1) is 0 Å². The Morgan fingerprint density at radius 1 is 1.24 bits per heavy atom. The van der Waals surface area contributed by atoms with Gasteiger partial charge in [0.15, 0.2) is 0 Å². The zero-order valence-electron chi connectivity index (χ0n) is 11.9. The van der Waals surface area contributed by atoms with Crippen molar-refractivity contribution in [2.45, 2.75) is 31.8 Å². The van der Waals surface area contributed by atoms with Crippen LogP contribution in [0.1, 0.15) is 41.9 Å². The summed E-state index contributed by atoms with van der Waals surface area (Å²) in [6, 6.07) is 12.2. The Balaban J connectivity index is 1.69. The number of carbonyl (C=O) groups is 1. The summed E-state index contributed by atoms with van der Waals surface area (Å²) in [6.07, 6.45) is 3.54. The number of hydrogen-bond donors (Lipinski definition) is 2. The lowest BCUT2D eigenvalue weighted by Crippen LogP contribution is -2.26. The van der Waals surface area contributed by atoms with Crippen LogP contribution in [0.15, 0.2) is 42.7 Å². The van der Waals surface area contributed by atoms with E-state index in [1.807, 2.05) is 18.2 Å². The molecule has 1 aromatic heterocycles. The topological polar surface area (TPSA) is 66.9 Å². The highest BCUT2D eigenvalue weighted by atomic mass is 16.2. The quantitative estimate of drug-likeness (QED) is 0.884.